The van der Waals surface area contributed by atoms with E-state index < -0.39 is 12.1 Å². The second-order valence-electron chi connectivity index (χ2n) is 5.69. The molecule has 3 N–H and O–H groups in total. The van der Waals surface area contributed by atoms with Crippen LogP contribution >= 0.6 is 48.0 Å². The third-order valence-corrected chi connectivity index (χ3v) is 4.21. The Labute approximate surface area is 170 Å². The quantitative estimate of drug-likeness (QED) is 0.699. The van der Waals surface area contributed by atoms with E-state index in [4.69, 9.17) is 33.7 Å². The molecular formula is C17H22Cl4N2O2. The SMILES string of the molecule is Cc1cc(OC(C)C)ncc1C(O)C(N)c1ccc(Cl)c(Cl)c1.Cl.Cl. The molecule has 0 aliphatic heterocycles. The molecule has 8 heteroatoms. The van der Waals surface area contributed by atoms with Crippen LogP contribution < -0.4 is 10.5 Å². The molecule has 2 unspecified atom stereocenters. The third-order valence-electron chi connectivity index (χ3n) is 3.47. The van der Waals surface area contributed by atoms with E-state index in [0.29, 0.717) is 27.1 Å². The fourth-order valence-corrected chi connectivity index (χ4v) is 2.56. The van der Waals surface area contributed by atoms with Gasteiger partial charge in [0.05, 0.1) is 28.3 Å². The highest BCUT2D eigenvalue weighted by Crippen LogP contribution is 2.32. The highest BCUT2D eigenvalue weighted by Gasteiger charge is 2.22. The molecule has 2 atom stereocenters. The molecule has 2 rings (SSSR count). The van der Waals surface area contributed by atoms with E-state index in [2.05, 4.69) is 4.98 Å². The van der Waals surface area contributed by atoms with Gasteiger partial charge in [0.1, 0.15) is 0 Å². The van der Waals surface area contributed by atoms with Crippen LogP contribution in [0.5, 0.6) is 5.88 Å². The van der Waals surface area contributed by atoms with Crippen LogP contribution in [0.4, 0.5) is 0 Å². The van der Waals surface area contributed by atoms with Crippen molar-refractivity contribution in [2.24, 2.45) is 5.73 Å². The van der Waals surface area contributed by atoms with Gasteiger partial charge in [-0.3, -0.25) is 0 Å². The highest BCUT2D eigenvalue weighted by atomic mass is 35.5. The van der Waals surface area contributed by atoms with Crippen molar-refractivity contribution in [2.75, 3.05) is 0 Å². The van der Waals surface area contributed by atoms with Crippen molar-refractivity contribution >= 4 is 48.0 Å². The first kappa shape index (κ1) is 24.2. The van der Waals surface area contributed by atoms with Crippen LogP contribution in [0.2, 0.25) is 10.0 Å². The predicted molar refractivity (Wildman–Crippen MR) is 108 cm³/mol. The number of aryl methyl sites for hydroxylation is 1. The number of hydrogen-bond acceptors (Lipinski definition) is 4. The van der Waals surface area contributed by atoms with E-state index in [1.807, 2.05) is 20.8 Å². The zero-order valence-corrected chi connectivity index (χ0v) is 17.2. The Balaban J connectivity index is 0.00000288. The van der Waals surface area contributed by atoms with Crippen molar-refractivity contribution in [2.45, 2.75) is 39.0 Å². The molecule has 0 fully saturated rings. The standard InChI is InChI=1S/C17H20Cl2N2O2.2ClH/c1-9(2)23-15-6-10(3)12(8-21-15)17(22)16(20)11-4-5-13(18)14(19)7-11;;/h4-9,16-17,22H,20H2,1-3H3;2*1H. The van der Waals surface area contributed by atoms with Crippen LogP contribution in [0.3, 0.4) is 0 Å². The maximum absolute atomic E-state index is 10.6. The summed E-state index contributed by atoms with van der Waals surface area (Å²) < 4.78 is 5.55. The molecular weight excluding hydrogens is 406 g/mol. The molecule has 0 saturated heterocycles. The maximum Gasteiger partial charge on any atom is 0.213 e. The minimum atomic E-state index is -0.909. The third kappa shape index (κ3) is 6.17. The molecule has 0 spiro atoms. The van der Waals surface area contributed by atoms with Gasteiger partial charge in [0.25, 0.3) is 0 Å². The molecule has 0 aliphatic rings. The number of nitrogens with zero attached hydrogens (tertiary/aromatic N) is 1. The number of rotatable bonds is 5. The van der Waals surface area contributed by atoms with Crippen LogP contribution in [-0.2, 0) is 0 Å². The molecule has 0 amide bonds. The smallest absolute Gasteiger partial charge is 0.213 e. The van der Waals surface area contributed by atoms with Crippen LogP contribution in [0, 0.1) is 6.92 Å². The van der Waals surface area contributed by atoms with E-state index in [0.717, 1.165) is 5.56 Å². The Morgan fingerprint density at radius 2 is 1.76 bits per heavy atom. The monoisotopic (exact) mass is 426 g/mol. The number of hydrogen-bond donors (Lipinski definition) is 2. The minimum Gasteiger partial charge on any atom is -0.475 e. The number of halogens is 4. The van der Waals surface area contributed by atoms with Gasteiger partial charge in [-0.25, -0.2) is 4.98 Å². The van der Waals surface area contributed by atoms with Crippen molar-refractivity contribution in [3.63, 3.8) is 0 Å². The first-order valence-electron chi connectivity index (χ1n) is 7.31. The van der Waals surface area contributed by atoms with Crippen molar-refractivity contribution in [3.05, 3.63) is 57.2 Å². The van der Waals surface area contributed by atoms with E-state index in [9.17, 15) is 5.11 Å². The lowest BCUT2D eigenvalue weighted by Crippen LogP contribution is -2.20. The summed E-state index contributed by atoms with van der Waals surface area (Å²) in [4.78, 5) is 4.22. The molecule has 0 aliphatic carbocycles. The summed E-state index contributed by atoms with van der Waals surface area (Å²) in [5.41, 5.74) is 8.38. The van der Waals surface area contributed by atoms with Gasteiger partial charge in [0, 0.05) is 17.8 Å². The molecule has 140 valence electrons. The van der Waals surface area contributed by atoms with Crippen molar-refractivity contribution in [3.8, 4) is 5.88 Å². The minimum absolute atomic E-state index is 0. The topological polar surface area (TPSA) is 68.4 Å². The lowest BCUT2D eigenvalue weighted by molar-refractivity contribution is 0.145. The number of aliphatic hydroxyl groups excluding tert-OH is 1. The summed E-state index contributed by atoms with van der Waals surface area (Å²) in [6.45, 7) is 5.74. The number of aromatic nitrogens is 1. The van der Waals surface area contributed by atoms with Gasteiger partial charge in [0.15, 0.2) is 0 Å². The molecule has 0 saturated carbocycles. The van der Waals surface area contributed by atoms with E-state index >= 15 is 0 Å². The first-order chi connectivity index (χ1) is 10.8. The second-order valence-corrected chi connectivity index (χ2v) is 6.50. The Morgan fingerprint density at radius 1 is 1.12 bits per heavy atom. The van der Waals surface area contributed by atoms with E-state index in [1.54, 1.807) is 30.5 Å². The Bertz CT molecular complexity index is 698. The van der Waals surface area contributed by atoms with Gasteiger partial charge in [-0.2, -0.15) is 0 Å². The number of nitrogens with two attached hydrogens (primary N) is 1. The molecule has 1 aromatic heterocycles. The lowest BCUT2D eigenvalue weighted by atomic mass is 9.95. The summed E-state index contributed by atoms with van der Waals surface area (Å²) in [5.74, 6) is 0.525. The number of aliphatic hydroxyl groups is 1. The highest BCUT2D eigenvalue weighted by molar-refractivity contribution is 6.42. The maximum atomic E-state index is 10.6. The predicted octanol–water partition coefficient (Wildman–Crippen LogP) is 5.06. The van der Waals surface area contributed by atoms with Gasteiger partial charge in [-0.1, -0.05) is 29.3 Å². The van der Waals surface area contributed by atoms with Crippen LogP contribution in [0.25, 0.3) is 0 Å². The van der Waals surface area contributed by atoms with Crippen LogP contribution in [-0.4, -0.2) is 16.2 Å². The molecule has 2 aromatic rings. The first-order valence-corrected chi connectivity index (χ1v) is 8.07. The average molecular weight is 428 g/mol. The number of pyridine rings is 1. The van der Waals surface area contributed by atoms with Crippen LogP contribution in [0.1, 0.15) is 42.7 Å². The fourth-order valence-electron chi connectivity index (χ4n) is 2.25. The molecule has 4 nitrogen and oxygen atoms in total. The lowest BCUT2D eigenvalue weighted by Gasteiger charge is -2.22. The summed E-state index contributed by atoms with van der Waals surface area (Å²) in [6.07, 6.45) is 0.721. The fraction of sp³-hybridized carbons (Fsp3) is 0.353. The Morgan fingerprint density at radius 3 is 2.28 bits per heavy atom. The average Bonchev–Trinajstić information content (AvgIpc) is 2.48. The molecule has 0 radical (unpaired) electrons. The van der Waals surface area contributed by atoms with Gasteiger partial charge >= 0.3 is 0 Å². The van der Waals surface area contributed by atoms with E-state index in [1.165, 1.54) is 0 Å². The number of benzene rings is 1. The van der Waals surface area contributed by atoms with Gasteiger partial charge in [-0.05, 0) is 44.0 Å². The van der Waals surface area contributed by atoms with Crippen molar-refractivity contribution in [1.82, 2.24) is 4.98 Å². The van der Waals surface area contributed by atoms with Gasteiger partial charge < -0.3 is 15.6 Å². The summed E-state index contributed by atoms with van der Waals surface area (Å²) >= 11 is 11.9. The summed E-state index contributed by atoms with van der Waals surface area (Å²) in [5, 5.41) is 11.4. The molecule has 1 heterocycles. The zero-order valence-electron chi connectivity index (χ0n) is 14.1. The zero-order chi connectivity index (χ0) is 17.1. The van der Waals surface area contributed by atoms with E-state index in [-0.39, 0.29) is 30.9 Å². The Hall–Kier alpha value is -0.750. The van der Waals surface area contributed by atoms with Crippen molar-refractivity contribution in [1.29, 1.82) is 0 Å². The van der Waals surface area contributed by atoms with Crippen molar-refractivity contribution < 1.29 is 9.84 Å². The second kappa shape index (κ2) is 10.4. The normalized spacial score (nSPS) is 12.8. The Kier molecular flexibility index (Phi) is 10.1. The largest absolute Gasteiger partial charge is 0.475 e. The summed E-state index contributed by atoms with van der Waals surface area (Å²) in [7, 11) is 0. The van der Waals surface area contributed by atoms with Crippen LogP contribution in [0.15, 0.2) is 30.5 Å². The number of ether oxygens (including phenoxy) is 1. The summed E-state index contributed by atoms with van der Waals surface area (Å²) in [6, 6.07) is 6.23. The molecule has 25 heavy (non-hydrogen) atoms. The molecule has 0 bridgehead atoms. The van der Waals surface area contributed by atoms with Gasteiger partial charge in [-0.15, -0.1) is 24.8 Å². The van der Waals surface area contributed by atoms with Gasteiger partial charge in [0.2, 0.25) is 5.88 Å². The molecule has 1 aromatic carbocycles.